The van der Waals surface area contributed by atoms with E-state index in [2.05, 4.69) is 19.5 Å². The van der Waals surface area contributed by atoms with E-state index in [1.54, 1.807) is 18.3 Å². The van der Waals surface area contributed by atoms with Crippen molar-refractivity contribution in [2.45, 2.75) is 43.7 Å². The summed E-state index contributed by atoms with van der Waals surface area (Å²) in [5.41, 5.74) is 2.41. The minimum Gasteiger partial charge on any atom is -0.312 e. The lowest BCUT2D eigenvalue weighted by molar-refractivity contribution is 0.528. The molecule has 0 radical (unpaired) electrons. The van der Waals surface area contributed by atoms with Crippen molar-refractivity contribution in [3.8, 4) is 0 Å². The van der Waals surface area contributed by atoms with Gasteiger partial charge in [0.15, 0.2) is 5.65 Å². The fraction of sp³-hybridized carbons (Fsp3) is 0.333. The summed E-state index contributed by atoms with van der Waals surface area (Å²) >= 11 is 6.33. The second-order valence-corrected chi connectivity index (χ2v) is 7.81. The number of aliphatic imine (C=N–C) groups is 1. The quantitative estimate of drug-likeness (QED) is 0.595. The zero-order chi connectivity index (χ0) is 19.1. The van der Waals surface area contributed by atoms with Crippen LogP contribution in [0, 0.1) is 5.82 Å². The van der Waals surface area contributed by atoms with Crippen molar-refractivity contribution in [1.82, 2.24) is 19.5 Å². The van der Waals surface area contributed by atoms with Gasteiger partial charge in [0.2, 0.25) is 5.28 Å². The Morgan fingerprint density at radius 2 is 1.93 bits per heavy atom. The number of aromatic nitrogens is 4. The maximum absolute atomic E-state index is 13.3. The van der Waals surface area contributed by atoms with Gasteiger partial charge in [-0.2, -0.15) is 4.98 Å². The van der Waals surface area contributed by atoms with Crippen LogP contribution in [0.5, 0.6) is 0 Å². The van der Waals surface area contributed by atoms with Crippen LogP contribution in [0.1, 0.15) is 43.0 Å². The number of hydrogen-bond acceptors (Lipinski definition) is 4. The maximum atomic E-state index is 13.3. The van der Waals surface area contributed by atoms with Gasteiger partial charge in [-0.1, -0.05) is 25.0 Å². The molecule has 1 fully saturated rings. The standard InChI is InChI=1S/C21H19ClFN5/c22-20-26-18(17-19(27-20)28(13-24-17)16-4-1-2-5-16)21(10-3-11-25-21)12-14-6-8-15(23)9-7-14/h3,6-11,13,16H,1-2,4-5,12H2. The van der Waals surface area contributed by atoms with E-state index < -0.39 is 5.54 Å². The monoisotopic (exact) mass is 395 g/mol. The molecular weight excluding hydrogens is 377 g/mol. The van der Waals surface area contributed by atoms with Gasteiger partial charge in [0, 0.05) is 18.7 Å². The molecule has 5 rings (SSSR count). The lowest BCUT2D eigenvalue weighted by Crippen LogP contribution is -2.25. The molecule has 3 heterocycles. The van der Waals surface area contributed by atoms with Crippen LogP contribution in [0.25, 0.3) is 11.2 Å². The first-order valence-electron chi connectivity index (χ1n) is 9.53. The number of imidazole rings is 1. The van der Waals surface area contributed by atoms with Gasteiger partial charge in [0.1, 0.15) is 22.6 Å². The molecule has 1 unspecified atom stereocenters. The van der Waals surface area contributed by atoms with E-state index in [4.69, 9.17) is 16.6 Å². The van der Waals surface area contributed by atoms with Crippen LogP contribution in [0.4, 0.5) is 4.39 Å². The van der Waals surface area contributed by atoms with Gasteiger partial charge in [-0.15, -0.1) is 0 Å². The van der Waals surface area contributed by atoms with Gasteiger partial charge in [-0.25, -0.2) is 14.4 Å². The SMILES string of the molecule is Fc1ccc(CC2(c3nc(Cl)nc4c3ncn4C3CCCC3)C=CC=N2)cc1. The number of benzene rings is 1. The van der Waals surface area contributed by atoms with E-state index >= 15 is 0 Å². The van der Waals surface area contributed by atoms with Crippen molar-refractivity contribution in [2.75, 3.05) is 0 Å². The van der Waals surface area contributed by atoms with Gasteiger partial charge < -0.3 is 4.57 Å². The molecule has 1 aromatic carbocycles. The fourth-order valence-corrected chi connectivity index (χ4v) is 4.47. The van der Waals surface area contributed by atoms with E-state index in [-0.39, 0.29) is 11.1 Å². The van der Waals surface area contributed by atoms with Crippen LogP contribution < -0.4 is 0 Å². The summed E-state index contributed by atoms with van der Waals surface area (Å²) in [5.74, 6) is -0.258. The van der Waals surface area contributed by atoms with E-state index in [0.29, 0.717) is 18.2 Å². The van der Waals surface area contributed by atoms with Gasteiger partial charge in [-0.05, 0) is 54.3 Å². The molecule has 0 N–H and O–H groups in total. The second-order valence-electron chi connectivity index (χ2n) is 7.47. The Morgan fingerprint density at radius 3 is 2.64 bits per heavy atom. The first-order valence-corrected chi connectivity index (χ1v) is 9.90. The molecule has 0 saturated heterocycles. The number of halogens is 2. The Hall–Kier alpha value is -2.60. The maximum Gasteiger partial charge on any atom is 0.224 e. The molecular formula is C21H19ClFN5. The molecule has 1 atom stereocenters. The first-order chi connectivity index (χ1) is 13.6. The molecule has 1 aliphatic carbocycles. The highest BCUT2D eigenvalue weighted by molar-refractivity contribution is 6.28. The van der Waals surface area contributed by atoms with E-state index in [1.165, 1.54) is 25.0 Å². The van der Waals surface area contributed by atoms with Crippen LogP contribution in [0.15, 0.2) is 47.7 Å². The van der Waals surface area contributed by atoms with Crippen molar-refractivity contribution in [2.24, 2.45) is 4.99 Å². The molecule has 2 aromatic heterocycles. The van der Waals surface area contributed by atoms with Crippen molar-refractivity contribution in [1.29, 1.82) is 0 Å². The van der Waals surface area contributed by atoms with Crippen LogP contribution in [0.2, 0.25) is 5.28 Å². The molecule has 5 nitrogen and oxygen atoms in total. The fourth-order valence-electron chi connectivity index (χ4n) is 4.30. The normalized spacial score (nSPS) is 21.9. The van der Waals surface area contributed by atoms with Crippen molar-refractivity contribution in [3.63, 3.8) is 0 Å². The lowest BCUT2D eigenvalue weighted by Gasteiger charge is -2.24. The van der Waals surface area contributed by atoms with Crippen molar-refractivity contribution >= 4 is 29.0 Å². The second kappa shape index (κ2) is 6.78. The van der Waals surface area contributed by atoms with Crippen LogP contribution in [-0.2, 0) is 12.0 Å². The summed E-state index contributed by atoms with van der Waals surface area (Å²) in [7, 11) is 0. The highest BCUT2D eigenvalue weighted by atomic mass is 35.5. The zero-order valence-electron chi connectivity index (χ0n) is 15.2. The van der Waals surface area contributed by atoms with Gasteiger partial charge in [0.25, 0.3) is 0 Å². The summed E-state index contributed by atoms with van der Waals surface area (Å²) in [6.07, 6.45) is 12.8. The van der Waals surface area contributed by atoms with Crippen LogP contribution >= 0.6 is 11.6 Å². The van der Waals surface area contributed by atoms with Crippen molar-refractivity contribution < 1.29 is 4.39 Å². The van der Waals surface area contributed by atoms with E-state index in [1.807, 2.05) is 18.5 Å². The van der Waals surface area contributed by atoms with Gasteiger partial charge in [0.05, 0.1) is 6.33 Å². The minimum absolute atomic E-state index is 0.191. The Morgan fingerprint density at radius 1 is 1.14 bits per heavy atom. The molecule has 0 spiro atoms. The van der Waals surface area contributed by atoms with Gasteiger partial charge >= 0.3 is 0 Å². The van der Waals surface area contributed by atoms with E-state index in [9.17, 15) is 4.39 Å². The largest absolute Gasteiger partial charge is 0.312 e. The summed E-state index contributed by atoms with van der Waals surface area (Å²) in [5, 5.41) is 0.191. The zero-order valence-corrected chi connectivity index (χ0v) is 16.0. The van der Waals surface area contributed by atoms with Crippen molar-refractivity contribution in [3.05, 3.63) is 65.1 Å². The summed E-state index contributed by atoms with van der Waals surface area (Å²) in [6, 6.07) is 6.87. The first kappa shape index (κ1) is 17.5. The number of allylic oxidation sites excluding steroid dienone is 1. The number of hydrogen-bond donors (Lipinski definition) is 0. The third-order valence-electron chi connectivity index (χ3n) is 5.67. The van der Waals surface area contributed by atoms with E-state index in [0.717, 1.165) is 29.6 Å². The molecule has 2 aliphatic rings. The molecule has 1 aliphatic heterocycles. The lowest BCUT2D eigenvalue weighted by atomic mass is 9.88. The van der Waals surface area contributed by atoms with Crippen LogP contribution in [0.3, 0.4) is 0 Å². The smallest absolute Gasteiger partial charge is 0.224 e. The Balaban J connectivity index is 1.64. The third-order valence-corrected chi connectivity index (χ3v) is 5.84. The third kappa shape index (κ3) is 2.92. The Labute approximate surface area is 167 Å². The number of nitrogens with zero attached hydrogens (tertiary/aromatic N) is 5. The topological polar surface area (TPSA) is 56.0 Å². The predicted molar refractivity (Wildman–Crippen MR) is 107 cm³/mol. The molecule has 142 valence electrons. The van der Waals surface area contributed by atoms with Gasteiger partial charge in [-0.3, -0.25) is 4.99 Å². The summed E-state index contributed by atoms with van der Waals surface area (Å²) in [6.45, 7) is 0. The average Bonchev–Trinajstić information content (AvgIpc) is 3.43. The predicted octanol–water partition coefficient (Wildman–Crippen LogP) is 4.81. The molecule has 1 saturated carbocycles. The Kier molecular flexibility index (Phi) is 4.23. The molecule has 28 heavy (non-hydrogen) atoms. The minimum atomic E-state index is -0.725. The number of rotatable bonds is 4. The average molecular weight is 396 g/mol. The van der Waals surface area contributed by atoms with Crippen LogP contribution in [-0.4, -0.2) is 25.7 Å². The molecule has 7 heteroatoms. The highest BCUT2D eigenvalue weighted by Crippen LogP contribution is 2.38. The number of fused-ring (bicyclic) bond motifs is 1. The Bertz CT molecular complexity index is 1070. The molecule has 0 amide bonds. The molecule has 0 bridgehead atoms. The highest BCUT2D eigenvalue weighted by Gasteiger charge is 2.36. The summed E-state index contributed by atoms with van der Waals surface area (Å²) < 4.78 is 15.5. The summed E-state index contributed by atoms with van der Waals surface area (Å²) in [4.78, 5) is 18.4. The molecule has 3 aromatic rings.